The molecular formula is C30H39FO6. The number of esters is 1. The van der Waals surface area contributed by atoms with Gasteiger partial charge in [0, 0.05) is 17.5 Å². The zero-order valence-corrected chi connectivity index (χ0v) is 21.7. The van der Waals surface area contributed by atoms with Crippen molar-refractivity contribution in [2.45, 2.75) is 64.6 Å². The number of carbonyl (C=O) groups is 1. The Kier molecular flexibility index (Phi) is 11.4. The number of carbonyl (C=O) groups excluding carboxylic acids is 1. The van der Waals surface area contributed by atoms with E-state index in [-0.39, 0.29) is 24.7 Å². The smallest absolute Gasteiger partial charge is 0.335 e. The van der Waals surface area contributed by atoms with Crippen LogP contribution in [0.5, 0.6) is 11.5 Å². The summed E-state index contributed by atoms with van der Waals surface area (Å²) >= 11 is 0. The summed E-state index contributed by atoms with van der Waals surface area (Å²) in [5.41, 5.74) is 1.07. The SMILES string of the molecule is C=C(CO)C(=O)OCCOc1ccc(-c2ccc(OC(O)C3CCC(CCCCC)CC3)cc2F)cc1. The molecule has 202 valence electrons. The van der Waals surface area contributed by atoms with E-state index in [1.165, 1.54) is 31.7 Å². The van der Waals surface area contributed by atoms with E-state index in [1.807, 2.05) is 0 Å². The number of benzene rings is 2. The summed E-state index contributed by atoms with van der Waals surface area (Å²) in [4.78, 5) is 11.4. The van der Waals surface area contributed by atoms with E-state index >= 15 is 0 Å². The largest absolute Gasteiger partial charge is 0.490 e. The fourth-order valence-corrected chi connectivity index (χ4v) is 4.68. The molecule has 1 aliphatic rings. The molecule has 0 aromatic heterocycles. The first-order valence-electron chi connectivity index (χ1n) is 13.2. The highest BCUT2D eigenvalue weighted by Gasteiger charge is 2.27. The highest BCUT2D eigenvalue weighted by atomic mass is 19.1. The monoisotopic (exact) mass is 514 g/mol. The van der Waals surface area contributed by atoms with Crippen molar-refractivity contribution in [1.29, 1.82) is 0 Å². The Balaban J connectivity index is 1.46. The number of hydrogen-bond donors (Lipinski definition) is 2. The van der Waals surface area contributed by atoms with Crippen LogP contribution in [0.2, 0.25) is 0 Å². The van der Waals surface area contributed by atoms with Gasteiger partial charge in [-0.05, 0) is 61.4 Å². The number of hydrogen-bond acceptors (Lipinski definition) is 6. The number of aliphatic hydroxyl groups excluding tert-OH is 2. The maximum Gasteiger partial charge on any atom is 0.335 e. The lowest BCUT2D eigenvalue weighted by Crippen LogP contribution is -2.30. The number of rotatable bonds is 14. The molecule has 0 radical (unpaired) electrons. The molecule has 3 rings (SSSR count). The van der Waals surface area contributed by atoms with Gasteiger partial charge in [-0.3, -0.25) is 0 Å². The average molecular weight is 515 g/mol. The first kappa shape index (κ1) is 28.7. The summed E-state index contributed by atoms with van der Waals surface area (Å²) in [6.45, 7) is 5.31. The van der Waals surface area contributed by atoms with Crippen molar-refractivity contribution in [2.24, 2.45) is 11.8 Å². The van der Waals surface area contributed by atoms with Gasteiger partial charge in [-0.1, -0.05) is 51.3 Å². The number of halogens is 1. The van der Waals surface area contributed by atoms with E-state index in [0.717, 1.165) is 31.6 Å². The quantitative estimate of drug-likeness (QED) is 0.138. The van der Waals surface area contributed by atoms with Crippen LogP contribution in [0, 0.1) is 17.7 Å². The molecule has 0 amide bonds. The van der Waals surface area contributed by atoms with Gasteiger partial charge in [-0.15, -0.1) is 0 Å². The minimum Gasteiger partial charge on any atom is -0.490 e. The molecular weight excluding hydrogens is 475 g/mol. The third kappa shape index (κ3) is 8.86. The van der Waals surface area contributed by atoms with Crippen LogP contribution in [0.25, 0.3) is 11.1 Å². The summed E-state index contributed by atoms with van der Waals surface area (Å²) in [5.74, 6) is 0.589. The average Bonchev–Trinajstić information content (AvgIpc) is 2.91. The van der Waals surface area contributed by atoms with Crippen LogP contribution < -0.4 is 9.47 Å². The molecule has 1 aliphatic carbocycles. The van der Waals surface area contributed by atoms with Crippen molar-refractivity contribution in [3.8, 4) is 22.6 Å². The molecule has 0 spiro atoms. The molecule has 0 aliphatic heterocycles. The number of ether oxygens (including phenoxy) is 3. The molecule has 0 heterocycles. The molecule has 7 heteroatoms. The van der Waals surface area contributed by atoms with Gasteiger partial charge in [-0.25, -0.2) is 9.18 Å². The molecule has 0 bridgehead atoms. The van der Waals surface area contributed by atoms with Crippen molar-refractivity contribution in [3.05, 3.63) is 60.4 Å². The first-order valence-corrected chi connectivity index (χ1v) is 13.2. The van der Waals surface area contributed by atoms with Gasteiger partial charge in [0.05, 0.1) is 12.2 Å². The van der Waals surface area contributed by atoms with E-state index in [9.17, 15) is 14.3 Å². The molecule has 37 heavy (non-hydrogen) atoms. The number of aliphatic hydroxyl groups is 2. The molecule has 1 fully saturated rings. The molecule has 1 saturated carbocycles. The predicted molar refractivity (Wildman–Crippen MR) is 141 cm³/mol. The molecule has 0 saturated heterocycles. The Bertz CT molecular complexity index is 998. The van der Waals surface area contributed by atoms with Crippen molar-refractivity contribution in [3.63, 3.8) is 0 Å². The normalized spacial score (nSPS) is 18.2. The van der Waals surface area contributed by atoms with Crippen LogP contribution in [0.15, 0.2) is 54.6 Å². The second-order valence-corrected chi connectivity index (χ2v) is 9.70. The lowest BCUT2D eigenvalue weighted by molar-refractivity contribution is -0.140. The zero-order chi connectivity index (χ0) is 26.6. The van der Waals surface area contributed by atoms with E-state index < -0.39 is 24.7 Å². The predicted octanol–water partition coefficient (Wildman–Crippen LogP) is 6.05. The summed E-state index contributed by atoms with van der Waals surface area (Å²) in [6, 6.07) is 11.5. The van der Waals surface area contributed by atoms with E-state index in [1.54, 1.807) is 36.4 Å². The van der Waals surface area contributed by atoms with Crippen LogP contribution in [-0.2, 0) is 9.53 Å². The molecule has 2 aromatic rings. The molecule has 2 N–H and O–H groups in total. The Labute approximate surface area is 219 Å². The van der Waals surface area contributed by atoms with E-state index in [4.69, 9.17) is 19.3 Å². The summed E-state index contributed by atoms with van der Waals surface area (Å²) in [6.07, 6.45) is 8.26. The third-order valence-electron chi connectivity index (χ3n) is 6.94. The van der Waals surface area contributed by atoms with E-state index in [2.05, 4.69) is 13.5 Å². The third-order valence-corrected chi connectivity index (χ3v) is 6.94. The molecule has 2 aromatic carbocycles. The summed E-state index contributed by atoms with van der Waals surface area (Å²) < 4.78 is 31.0. The first-order chi connectivity index (χ1) is 17.9. The molecule has 1 unspecified atom stereocenters. The zero-order valence-electron chi connectivity index (χ0n) is 21.7. The van der Waals surface area contributed by atoms with Gasteiger partial charge >= 0.3 is 5.97 Å². The highest BCUT2D eigenvalue weighted by Crippen LogP contribution is 2.35. The Morgan fingerprint density at radius 2 is 1.76 bits per heavy atom. The number of unbranched alkanes of at least 4 members (excludes halogenated alkanes) is 2. The minimum absolute atomic E-state index is 0.0158. The maximum atomic E-state index is 14.9. The molecule has 6 nitrogen and oxygen atoms in total. The maximum absolute atomic E-state index is 14.9. The van der Waals surface area contributed by atoms with Gasteiger partial charge in [0.25, 0.3) is 0 Å². The van der Waals surface area contributed by atoms with Gasteiger partial charge in [0.2, 0.25) is 0 Å². The van der Waals surface area contributed by atoms with Crippen LogP contribution in [0.3, 0.4) is 0 Å². The summed E-state index contributed by atoms with van der Waals surface area (Å²) in [7, 11) is 0. The van der Waals surface area contributed by atoms with Gasteiger partial charge in [0.1, 0.15) is 30.5 Å². The molecule has 1 atom stereocenters. The van der Waals surface area contributed by atoms with E-state index in [0.29, 0.717) is 22.6 Å². The summed E-state index contributed by atoms with van der Waals surface area (Å²) in [5, 5.41) is 19.4. The lowest BCUT2D eigenvalue weighted by atomic mass is 9.79. The van der Waals surface area contributed by atoms with Crippen LogP contribution >= 0.6 is 0 Å². The van der Waals surface area contributed by atoms with Gasteiger partial charge in [-0.2, -0.15) is 0 Å². The topological polar surface area (TPSA) is 85.2 Å². The van der Waals surface area contributed by atoms with Crippen LogP contribution in [-0.4, -0.2) is 42.3 Å². The second-order valence-electron chi connectivity index (χ2n) is 9.70. The Morgan fingerprint density at radius 1 is 1.05 bits per heavy atom. The van der Waals surface area contributed by atoms with Crippen molar-refractivity contribution < 1.29 is 33.6 Å². The minimum atomic E-state index is -0.931. The van der Waals surface area contributed by atoms with Crippen molar-refractivity contribution in [1.82, 2.24) is 0 Å². The Morgan fingerprint density at radius 3 is 2.41 bits per heavy atom. The fraction of sp³-hybridized carbons (Fsp3) is 0.500. The highest BCUT2D eigenvalue weighted by molar-refractivity contribution is 5.87. The standard InChI is InChI=1S/C30H39FO6/c1-3-4-5-6-22-7-9-24(10-8-22)30(34)37-26-15-16-27(28(31)19-26)23-11-13-25(14-12-23)35-17-18-36-29(33)21(2)20-32/h11-16,19,22,24,30,32,34H,2-10,17-18,20H2,1H3. The van der Waals surface area contributed by atoms with Crippen LogP contribution in [0.1, 0.15) is 58.3 Å². The van der Waals surface area contributed by atoms with Gasteiger partial charge in [0.15, 0.2) is 6.29 Å². The second kappa shape index (κ2) is 14.7. The lowest BCUT2D eigenvalue weighted by Gasteiger charge is -2.31. The van der Waals surface area contributed by atoms with Crippen molar-refractivity contribution in [2.75, 3.05) is 19.8 Å². The van der Waals surface area contributed by atoms with Crippen LogP contribution in [0.4, 0.5) is 4.39 Å². The fourth-order valence-electron chi connectivity index (χ4n) is 4.68. The van der Waals surface area contributed by atoms with Crippen molar-refractivity contribution >= 4 is 5.97 Å². The van der Waals surface area contributed by atoms with Gasteiger partial charge < -0.3 is 24.4 Å². The Hall–Kier alpha value is -2.90.